The topological polar surface area (TPSA) is 42.0 Å². The lowest BCUT2D eigenvalue weighted by Crippen LogP contribution is -2.09. The van der Waals surface area contributed by atoms with Gasteiger partial charge in [-0.05, 0) is 13.8 Å². The van der Waals surface area contributed by atoms with Crippen LogP contribution in [0.15, 0.2) is 0 Å². The summed E-state index contributed by atoms with van der Waals surface area (Å²) >= 11 is 1.62. The van der Waals surface area contributed by atoms with E-state index >= 15 is 0 Å². The van der Waals surface area contributed by atoms with Gasteiger partial charge in [0.15, 0.2) is 0 Å². The number of rotatable bonds is 3. The Labute approximate surface area is 69.5 Å². The number of carbonyl (C=O) groups is 1. The van der Waals surface area contributed by atoms with Gasteiger partial charge in [-0.2, -0.15) is 0 Å². The number of carbonyl (C=O) groups excluding carboxylic acids is 1. The van der Waals surface area contributed by atoms with Crippen molar-refractivity contribution in [3.63, 3.8) is 0 Å². The highest BCUT2D eigenvalue weighted by Crippen LogP contribution is 2.15. The smallest absolute Gasteiger partial charge is 0.207 e. The molecule has 11 heavy (non-hydrogen) atoms. The Balaban J connectivity index is 2.69. The van der Waals surface area contributed by atoms with Gasteiger partial charge in [0.25, 0.3) is 0 Å². The average Bonchev–Trinajstić information content (AvgIpc) is 2.26. The van der Waals surface area contributed by atoms with E-state index in [4.69, 9.17) is 0 Å². The van der Waals surface area contributed by atoms with E-state index in [0.29, 0.717) is 13.0 Å². The quantitative estimate of drug-likeness (QED) is 0.688. The largest absolute Gasteiger partial charge is 0.354 e. The molecule has 60 valence electrons. The summed E-state index contributed by atoms with van der Waals surface area (Å²) < 4.78 is 0. The molecule has 1 N–H and O–H groups in total. The van der Waals surface area contributed by atoms with Crippen molar-refractivity contribution >= 4 is 17.7 Å². The molecule has 0 unspecified atom stereocenters. The zero-order valence-electron chi connectivity index (χ0n) is 6.55. The molecule has 0 aromatic carbocycles. The van der Waals surface area contributed by atoms with Gasteiger partial charge in [0.2, 0.25) is 6.41 Å². The fraction of sp³-hybridized carbons (Fsp3) is 0.429. The lowest BCUT2D eigenvalue weighted by atomic mass is 10.4. The fourth-order valence-electron chi connectivity index (χ4n) is 0.872. The number of nitrogens with zero attached hydrogens (tertiary/aromatic N) is 1. The van der Waals surface area contributed by atoms with Gasteiger partial charge in [-0.1, -0.05) is 0 Å². The van der Waals surface area contributed by atoms with Crippen LogP contribution < -0.4 is 5.32 Å². The third-order valence-electron chi connectivity index (χ3n) is 1.35. The second kappa shape index (κ2) is 3.48. The second-order valence-electron chi connectivity index (χ2n) is 2.24. The Morgan fingerprint density at radius 2 is 2.36 bits per heavy atom. The first-order valence-electron chi connectivity index (χ1n) is 3.34. The lowest BCUT2D eigenvalue weighted by molar-refractivity contribution is -0.109. The van der Waals surface area contributed by atoms with Crippen molar-refractivity contribution in [2.75, 3.05) is 0 Å². The summed E-state index contributed by atoms with van der Waals surface area (Å²) in [6, 6.07) is 0. The normalized spacial score (nSPS) is 9.64. The first-order chi connectivity index (χ1) is 5.24. The van der Waals surface area contributed by atoms with Crippen molar-refractivity contribution in [3.8, 4) is 0 Å². The molecule has 1 rings (SSSR count). The van der Waals surface area contributed by atoms with Crippen molar-refractivity contribution in [3.05, 3.63) is 15.6 Å². The predicted octanol–water partition coefficient (Wildman–Crippen LogP) is 1.01. The zero-order chi connectivity index (χ0) is 8.27. The number of aryl methyl sites for hydroxylation is 2. The van der Waals surface area contributed by atoms with Gasteiger partial charge in [-0.25, -0.2) is 4.98 Å². The maximum atomic E-state index is 9.97. The molecule has 0 saturated heterocycles. The van der Waals surface area contributed by atoms with Gasteiger partial charge in [0.05, 0.1) is 17.2 Å². The summed E-state index contributed by atoms with van der Waals surface area (Å²) in [5.74, 6) is 0. The highest BCUT2D eigenvalue weighted by atomic mass is 32.1. The Morgan fingerprint density at radius 1 is 1.64 bits per heavy atom. The first-order valence-corrected chi connectivity index (χ1v) is 4.15. The Hall–Kier alpha value is -0.900. The molecule has 0 saturated carbocycles. The van der Waals surface area contributed by atoms with Crippen LogP contribution in [-0.4, -0.2) is 11.4 Å². The molecule has 0 spiro atoms. The highest BCUT2D eigenvalue weighted by molar-refractivity contribution is 7.11. The fourth-order valence-corrected chi connectivity index (χ4v) is 1.76. The molecule has 0 fully saturated rings. The number of amides is 1. The van der Waals surface area contributed by atoms with Gasteiger partial charge >= 0.3 is 0 Å². The van der Waals surface area contributed by atoms with E-state index in [2.05, 4.69) is 10.3 Å². The van der Waals surface area contributed by atoms with Crippen molar-refractivity contribution in [2.45, 2.75) is 20.4 Å². The van der Waals surface area contributed by atoms with Crippen LogP contribution in [-0.2, 0) is 11.3 Å². The molecule has 4 heteroatoms. The minimum Gasteiger partial charge on any atom is -0.354 e. The number of thiazole rings is 1. The SMILES string of the molecule is Cc1nc(C)c(CNC=O)s1. The van der Waals surface area contributed by atoms with E-state index < -0.39 is 0 Å². The van der Waals surface area contributed by atoms with Gasteiger partial charge in [-0.3, -0.25) is 4.79 Å². The van der Waals surface area contributed by atoms with Crippen molar-refractivity contribution in [2.24, 2.45) is 0 Å². The summed E-state index contributed by atoms with van der Waals surface area (Å²) in [4.78, 5) is 15.3. The standard InChI is InChI=1S/C7H10N2OS/c1-5-7(3-8-4-10)11-6(2)9-5/h4H,3H2,1-2H3,(H,8,10). The van der Waals surface area contributed by atoms with Crippen LogP contribution in [0.1, 0.15) is 15.6 Å². The van der Waals surface area contributed by atoms with E-state index in [0.717, 1.165) is 15.6 Å². The summed E-state index contributed by atoms with van der Waals surface area (Å²) in [6.45, 7) is 4.51. The monoisotopic (exact) mass is 170 g/mol. The molecule has 1 heterocycles. The van der Waals surface area contributed by atoms with Crippen LogP contribution in [0.3, 0.4) is 0 Å². The minimum atomic E-state index is 0.598. The first kappa shape index (κ1) is 8.20. The molecule has 1 amide bonds. The summed E-state index contributed by atoms with van der Waals surface area (Å²) in [5, 5.41) is 3.66. The number of aromatic nitrogens is 1. The lowest BCUT2D eigenvalue weighted by Gasteiger charge is -1.93. The van der Waals surface area contributed by atoms with Crippen LogP contribution in [0, 0.1) is 13.8 Å². The molecule has 1 aromatic heterocycles. The Morgan fingerprint density at radius 3 is 2.82 bits per heavy atom. The van der Waals surface area contributed by atoms with Gasteiger partial charge in [-0.15, -0.1) is 11.3 Å². The summed E-state index contributed by atoms with van der Waals surface area (Å²) in [5.41, 5.74) is 1.02. The Bertz CT molecular complexity index is 257. The maximum Gasteiger partial charge on any atom is 0.207 e. The number of hydrogen-bond donors (Lipinski definition) is 1. The van der Waals surface area contributed by atoms with E-state index in [1.165, 1.54) is 0 Å². The average molecular weight is 170 g/mol. The van der Waals surface area contributed by atoms with E-state index in [1.54, 1.807) is 11.3 Å². The molecule has 0 aliphatic heterocycles. The predicted molar refractivity (Wildman–Crippen MR) is 44.5 cm³/mol. The van der Waals surface area contributed by atoms with Crippen molar-refractivity contribution in [1.29, 1.82) is 0 Å². The molecule has 0 bridgehead atoms. The molecular formula is C7H10N2OS. The molecule has 3 nitrogen and oxygen atoms in total. The van der Waals surface area contributed by atoms with Crippen LogP contribution in [0.25, 0.3) is 0 Å². The summed E-state index contributed by atoms with van der Waals surface area (Å²) in [6.07, 6.45) is 0.703. The molecule has 1 aromatic rings. The van der Waals surface area contributed by atoms with Crippen LogP contribution >= 0.6 is 11.3 Å². The van der Waals surface area contributed by atoms with Crippen LogP contribution in [0.4, 0.5) is 0 Å². The van der Waals surface area contributed by atoms with Gasteiger partial charge in [0.1, 0.15) is 0 Å². The maximum absolute atomic E-state index is 9.97. The number of nitrogens with one attached hydrogen (secondary N) is 1. The molecule has 0 aliphatic rings. The number of hydrogen-bond acceptors (Lipinski definition) is 3. The molecule has 0 atom stereocenters. The van der Waals surface area contributed by atoms with Crippen molar-refractivity contribution < 1.29 is 4.79 Å². The molecular weight excluding hydrogens is 160 g/mol. The molecule has 0 aliphatic carbocycles. The highest BCUT2D eigenvalue weighted by Gasteiger charge is 2.02. The van der Waals surface area contributed by atoms with Crippen LogP contribution in [0.2, 0.25) is 0 Å². The van der Waals surface area contributed by atoms with Crippen LogP contribution in [0.5, 0.6) is 0 Å². The minimum absolute atomic E-state index is 0.598. The van der Waals surface area contributed by atoms with E-state index in [-0.39, 0.29) is 0 Å². The zero-order valence-corrected chi connectivity index (χ0v) is 7.36. The van der Waals surface area contributed by atoms with Gasteiger partial charge in [0, 0.05) is 4.88 Å². The third-order valence-corrected chi connectivity index (χ3v) is 2.42. The summed E-state index contributed by atoms with van der Waals surface area (Å²) in [7, 11) is 0. The second-order valence-corrected chi connectivity index (χ2v) is 3.53. The van der Waals surface area contributed by atoms with Gasteiger partial charge < -0.3 is 5.32 Å². The molecule has 0 radical (unpaired) electrons. The van der Waals surface area contributed by atoms with E-state index in [1.807, 2.05) is 13.8 Å². The van der Waals surface area contributed by atoms with E-state index in [9.17, 15) is 4.79 Å². The Kier molecular flexibility index (Phi) is 2.59. The third kappa shape index (κ3) is 2.01. The van der Waals surface area contributed by atoms with Crippen molar-refractivity contribution in [1.82, 2.24) is 10.3 Å².